The molecule has 3 amide bonds. The molecule has 3 aromatic rings. The average molecular weight is 420 g/mol. The van der Waals surface area contributed by atoms with Gasteiger partial charge in [-0.2, -0.15) is 0 Å². The number of nitrogens with one attached hydrogen (secondary N) is 2. The number of aryl methyl sites for hydroxylation is 1. The SMILES string of the molecule is O=C(NCc1ccncc1)C(=O)Nc1ccc2c(c1)CCCN2C(=O)c1cccs1. The molecule has 0 unspecified atom stereocenters. The summed E-state index contributed by atoms with van der Waals surface area (Å²) in [6.45, 7) is 0.908. The van der Waals surface area contributed by atoms with Crippen molar-refractivity contribution in [2.75, 3.05) is 16.8 Å². The van der Waals surface area contributed by atoms with Crippen molar-refractivity contribution in [1.29, 1.82) is 0 Å². The molecule has 0 spiro atoms. The van der Waals surface area contributed by atoms with E-state index in [9.17, 15) is 14.4 Å². The summed E-state index contributed by atoms with van der Waals surface area (Å²) in [5, 5.41) is 7.11. The van der Waals surface area contributed by atoms with Crippen molar-refractivity contribution in [2.24, 2.45) is 0 Å². The third-order valence-corrected chi connectivity index (χ3v) is 5.70. The highest BCUT2D eigenvalue weighted by Crippen LogP contribution is 2.31. The molecule has 2 N–H and O–H groups in total. The zero-order valence-electron chi connectivity index (χ0n) is 16.1. The number of carbonyl (C=O) groups excluding carboxylic acids is 3. The summed E-state index contributed by atoms with van der Waals surface area (Å²) in [6.07, 6.45) is 4.90. The Balaban J connectivity index is 1.41. The maximum absolute atomic E-state index is 12.8. The summed E-state index contributed by atoms with van der Waals surface area (Å²) < 4.78 is 0. The second kappa shape index (κ2) is 8.87. The van der Waals surface area contributed by atoms with E-state index in [0.29, 0.717) is 17.1 Å². The van der Waals surface area contributed by atoms with Crippen LogP contribution in [0.4, 0.5) is 11.4 Å². The smallest absolute Gasteiger partial charge is 0.313 e. The summed E-state index contributed by atoms with van der Waals surface area (Å²) in [6, 6.07) is 12.6. The van der Waals surface area contributed by atoms with Crippen LogP contribution in [0.3, 0.4) is 0 Å². The molecule has 4 rings (SSSR count). The van der Waals surface area contributed by atoms with Crippen LogP contribution >= 0.6 is 11.3 Å². The van der Waals surface area contributed by atoms with Gasteiger partial charge in [0.1, 0.15) is 0 Å². The fraction of sp³-hybridized carbons (Fsp3) is 0.182. The number of fused-ring (bicyclic) bond motifs is 1. The molecule has 1 aliphatic rings. The molecule has 1 aliphatic heterocycles. The maximum atomic E-state index is 12.8. The first-order valence-corrected chi connectivity index (χ1v) is 10.5. The van der Waals surface area contributed by atoms with E-state index in [2.05, 4.69) is 15.6 Å². The highest BCUT2D eigenvalue weighted by molar-refractivity contribution is 7.12. The molecule has 3 heterocycles. The minimum absolute atomic E-state index is 0.0155. The summed E-state index contributed by atoms with van der Waals surface area (Å²) in [5.41, 5.74) is 3.21. The number of benzene rings is 1. The van der Waals surface area contributed by atoms with E-state index in [1.165, 1.54) is 11.3 Å². The fourth-order valence-electron chi connectivity index (χ4n) is 3.37. The van der Waals surface area contributed by atoms with Crippen molar-refractivity contribution in [3.05, 3.63) is 76.2 Å². The van der Waals surface area contributed by atoms with E-state index in [0.717, 1.165) is 29.7 Å². The number of amides is 3. The number of rotatable bonds is 4. The lowest BCUT2D eigenvalue weighted by Crippen LogP contribution is -2.36. The standard InChI is InChI=1S/C22H20N4O3S/c27-20(24-14-15-7-9-23-10-8-15)21(28)25-17-5-6-18-16(13-17)3-1-11-26(18)22(29)19-4-2-12-30-19/h2,4-10,12-13H,1,3,11,14H2,(H,24,27)(H,25,28). The van der Waals surface area contributed by atoms with Crippen molar-refractivity contribution < 1.29 is 14.4 Å². The van der Waals surface area contributed by atoms with Gasteiger partial charge in [-0.1, -0.05) is 6.07 Å². The van der Waals surface area contributed by atoms with E-state index >= 15 is 0 Å². The first-order chi connectivity index (χ1) is 14.6. The first kappa shape index (κ1) is 19.8. The van der Waals surface area contributed by atoms with Crippen LogP contribution < -0.4 is 15.5 Å². The molecule has 0 radical (unpaired) electrons. The van der Waals surface area contributed by atoms with Crippen molar-refractivity contribution in [1.82, 2.24) is 10.3 Å². The van der Waals surface area contributed by atoms with Crippen LogP contribution in [0.15, 0.2) is 60.2 Å². The number of pyridine rings is 1. The van der Waals surface area contributed by atoms with Crippen LogP contribution in [0.2, 0.25) is 0 Å². The molecule has 0 aliphatic carbocycles. The average Bonchev–Trinajstić information content (AvgIpc) is 3.32. The molecule has 8 heteroatoms. The lowest BCUT2D eigenvalue weighted by atomic mass is 10.0. The van der Waals surface area contributed by atoms with Gasteiger partial charge in [-0.3, -0.25) is 19.4 Å². The van der Waals surface area contributed by atoms with Gasteiger partial charge in [0.25, 0.3) is 5.91 Å². The van der Waals surface area contributed by atoms with Crippen LogP contribution in [0.5, 0.6) is 0 Å². The second-order valence-electron chi connectivity index (χ2n) is 6.87. The Bertz CT molecular complexity index is 1070. The molecular weight excluding hydrogens is 400 g/mol. The molecule has 0 saturated carbocycles. The van der Waals surface area contributed by atoms with Crippen molar-refractivity contribution in [3.8, 4) is 0 Å². The fourth-order valence-corrected chi connectivity index (χ4v) is 4.04. The van der Waals surface area contributed by atoms with Crippen molar-refractivity contribution in [3.63, 3.8) is 0 Å². The van der Waals surface area contributed by atoms with E-state index in [1.54, 1.807) is 35.5 Å². The van der Waals surface area contributed by atoms with Crippen molar-refractivity contribution in [2.45, 2.75) is 19.4 Å². The minimum Gasteiger partial charge on any atom is -0.344 e. The largest absolute Gasteiger partial charge is 0.344 e. The zero-order chi connectivity index (χ0) is 20.9. The van der Waals surface area contributed by atoms with E-state index < -0.39 is 11.8 Å². The molecular formula is C22H20N4O3S. The number of anilines is 2. The first-order valence-electron chi connectivity index (χ1n) is 9.58. The molecule has 152 valence electrons. The van der Waals surface area contributed by atoms with Crippen LogP contribution in [-0.2, 0) is 22.6 Å². The zero-order valence-corrected chi connectivity index (χ0v) is 16.9. The van der Waals surface area contributed by atoms with Crippen LogP contribution in [-0.4, -0.2) is 29.3 Å². The van der Waals surface area contributed by atoms with Gasteiger partial charge in [-0.05, 0) is 65.7 Å². The summed E-state index contributed by atoms with van der Waals surface area (Å²) in [4.78, 5) is 43.5. The van der Waals surface area contributed by atoms with Gasteiger partial charge in [-0.25, -0.2) is 0 Å². The third kappa shape index (κ3) is 4.38. The summed E-state index contributed by atoms with van der Waals surface area (Å²) in [7, 11) is 0. The van der Waals surface area contributed by atoms with Gasteiger partial charge < -0.3 is 15.5 Å². The lowest BCUT2D eigenvalue weighted by Gasteiger charge is -2.29. The summed E-state index contributed by atoms with van der Waals surface area (Å²) >= 11 is 1.42. The van der Waals surface area contributed by atoms with Gasteiger partial charge in [0.15, 0.2) is 0 Å². The van der Waals surface area contributed by atoms with E-state index in [-0.39, 0.29) is 12.5 Å². The van der Waals surface area contributed by atoms with E-state index in [1.807, 2.05) is 29.6 Å². The number of nitrogens with zero attached hydrogens (tertiary/aromatic N) is 2. The maximum Gasteiger partial charge on any atom is 0.313 e. The van der Waals surface area contributed by atoms with Gasteiger partial charge in [0.2, 0.25) is 0 Å². The predicted molar refractivity (Wildman–Crippen MR) is 115 cm³/mol. The Labute approximate surface area is 177 Å². The minimum atomic E-state index is -0.730. The molecule has 2 aromatic heterocycles. The molecule has 0 fully saturated rings. The third-order valence-electron chi connectivity index (χ3n) is 4.84. The van der Waals surface area contributed by atoms with Gasteiger partial charge in [0.05, 0.1) is 4.88 Å². The molecule has 0 bridgehead atoms. The Morgan fingerprint density at radius 3 is 2.67 bits per heavy atom. The predicted octanol–water partition coefficient (Wildman–Crippen LogP) is 2.99. The highest BCUT2D eigenvalue weighted by Gasteiger charge is 2.24. The Kier molecular flexibility index (Phi) is 5.85. The molecule has 0 saturated heterocycles. The van der Waals surface area contributed by atoms with Crippen LogP contribution in [0.1, 0.15) is 27.2 Å². The second-order valence-corrected chi connectivity index (χ2v) is 7.82. The summed E-state index contributed by atoms with van der Waals surface area (Å²) in [5.74, 6) is -1.46. The van der Waals surface area contributed by atoms with Gasteiger partial charge in [-0.15, -0.1) is 11.3 Å². The topological polar surface area (TPSA) is 91.4 Å². The Hall–Kier alpha value is -3.52. The molecule has 0 atom stereocenters. The number of aromatic nitrogens is 1. The Morgan fingerprint density at radius 1 is 1.07 bits per heavy atom. The van der Waals surface area contributed by atoms with Gasteiger partial charge >= 0.3 is 11.8 Å². The van der Waals surface area contributed by atoms with Crippen LogP contribution in [0.25, 0.3) is 0 Å². The monoisotopic (exact) mass is 420 g/mol. The normalized spacial score (nSPS) is 12.7. The number of carbonyl (C=O) groups is 3. The highest BCUT2D eigenvalue weighted by atomic mass is 32.1. The van der Waals surface area contributed by atoms with Crippen LogP contribution in [0, 0.1) is 0 Å². The van der Waals surface area contributed by atoms with E-state index in [4.69, 9.17) is 0 Å². The molecule has 30 heavy (non-hydrogen) atoms. The number of hydrogen-bond acceptors (Lipinski definition) is 5. The van der Waals surface area contributed by atoms with Crippen molar-refractivity contribution >= 4 is 40.4 Å². The molecule has 7 nitrogen and oxygen atoms in total. The number of thiophene rings is 1. The Morgan fingerprint density at radius 2 is 1.90 bits per heavy atom. The molecule has 1 aromatic carbocycles. The number of hydrogen-bond donors (Lipinski definition) is 2. The van der Waals surface area contributed by atoms with Gasteiger partial charge in [0, 0.05) is 36.9 Å². The lowest BCUT2D eigenvalue weighted by molar-refractivity contribution is -0.136. The quantitative estimate of drug-likeness (QED) is 0.635.